The van der Waals surface area contributed by atoms with E-state index in [9.17, 15) is 9.18 Å². The standard InChI is InChI=1S/C9H7FN2O2/c1-14-9(13)4-8-6(5-11)7(10)2-3-12-8/h2-3H,4H2,1H3. The minimum Gasteiger partial charge on any atom is -0.469 e. The van der Waals surface area contributed by atoms with Crippen LogP contribution in [0.15, 0.2) is 12.3 Å². The smallest absolute Gasteiger partial charge is 0.311 e. The molecule has 0 fully saturated rings. The van der Waals surface area contributed by atoms with Gasteiger partial charge in [0.15, 0.2) is 0 Å². The summed E-state index contributed by atoms with van der Waals surface area (Å²) in [6.07, 6.45) is 1.01. The number of esters is 1. The van der Waals surface area contributed by atoms with Crippen LogP contribution in [-0.4, -0.2) is 18.1 Å². The van der Waals surface area contributed by atoms with Crippen LogP contribution in [0.5, 0.6) is 0 Å². The summed E-state index contributed by atoms with van der Waals surface area (Å²) in [6.45, 7) is 0. The molecule has 0 saturated heterocycles. The van der Waals surface area contributed by atoms with Crippen LogP contribution in [0.3, 0.4) is 0 Å². The van der Waals surface area contributed by atoms with E-state index < -0.39 is 11.8 Å². The van der Waals surface area contributed by atoms with Gasteiger partial charge in [0.25, 0.3) is 0 Å². The Morgan fingerprint density at radius 3 is 3.07 bits per heavy atom. The minimum absolute atomic E-state index is 0.0966. The molecule has 0 atom stereocenters. The number of aromatic nitrogens is 1. The highest BCUT2D eigenvalue weighted by molar-refractivity contribution is 5.72. The van der Waals surface area contributed by atoms with Crippen molar-refractivity contribution in [2.75, 3.05) is 7.11 Å². The molecule has 0 N–H and O–H groups in total. The summed E-state index contributed by atoms with van der Waals surface area (Å²) < 4.78 is 17.4. The van der Waals surface area contributed by atoms with E-state index in [1.54, 1.807) is 6.07 Å². The lowest BCUT2D eigenvalue weighted by atomic mass is 10.1. The fourth-order valence-corrected chi connectivity index (χ4v) is 0.939. The van der Waals surface area contributed by atoms with Crippen LogP contribution >= 0.6 is 0 Å². The number of hydrogen-bond donors (Lipinski definition) is 0. The molecule has 0 aliphatic heterocycles. The summed E-state index contributed by atoms with van der Waals surface area (Å²) in [4.78, 5) is 14.6. The van der Waals surface area contributed by atoms with Gasteiger partial charge in [-0.3, -0.25) is 9.78 Å². The number of pyridine rings is 1. The molecule has 72 valence electrons. The van der Waals surface area contributed by atoms with E-state index in [2.05, 4.69) is 9.72 Å². The van der Waals surface area contributed by atoms with Gasteiger partial charge in [0, 0.05) is 6.20 Å². The van der Waals surface area contributed by atoms with E-state index in [1.165, 1.54) is 13.3 Å². The number of hydrogen-bond acceptors (Lipinski definition) is 4. The maximum atomic E-state index is 13.0. The van der Waals surface area contributed by atoms with E-state index in [0.29, 0.717) is 0 Å². The summed E-state index contributed by atoms with van der Waals surface area (Å²) in [7, 11) is 1.22. The highest BCUT2D eigenvalue weighted by Crippen LogP contribution is 2.10. The van der Waals surface area contributed by atoms with Gasteiger partial charge in [-0.15, -0.1) is 0 Å². The maximum absolute atomic E-state index is 13.0. The zero-order chi connectivity index (χ0) is 10.6. The van der Waals surface area contributed by atoms with Crippen molar-refractivity contribution in [3.63, 3.8) is 0 Å². The van der Waals surface area contributed by atoms with E-state index in [4.69, 9.17) is 5.26 Å². The minimum atomic E-state index is -0.679. The second-order valence-electron chi connectivity index (χ2n) is 2.48. The molecular formula is C9H7FN2O2. The van der Waals surface area contributed by atoms with E-state index in [1.807, 2.05) is 0 Å². The average Bonchev–Trinajstić information content (AvgIpc) is 2.18. The third-order valence-electron chi connectivity index (χ3n) is 1.63. The topological polar surface area (TPSA) is 63.0 Å². The Bertz CT molecular complexity index is 398. The van der Waals surface area contributed by atoms with Gasteiger partial charge in [-0.1, -0.05) is 0 Å². The molecule has 14 heavy (non-hydrogen) atoms. The first kappa shape index (κ1) is 10.1. The van der Waals surface area contributed by atoms with Gasteiger partial charge >= 0.3 is 5.97 Å². The van der Waals surface area contributed by atoms with Gasteiger partial charge < -0.3 is 4.74 Å². The molecule has 0 radical (unpaired) electrons. The number of nitriles is 1. The monoisotopic (exact) mass is 194 g/mol. The van der Waals surface area contributed by atoms with Crippen molar-refractivity contribution in [2.24, 2.45) is 0 Å². The first-order valence-electron chi connectivity index (χ1n) is 3.79. The van der Waals surface area contributed by atoms with Crippen LogP contribution < -0.4 is 0 Å². The van der Waals surface area contributed by atoms with Crippen molar-refractivity contribution < 1.29 is 13.9 Å². The zero-order valence-corrected chi connectivity index (χ0v) is 7.45. The third-order valence-corrected chi connectivity index (χ3v) is 1.63. The van der Waals surface area contributed by atoms with Gasteiger partial charge in [-0.25, -0.2) is 4.39 Å². The molecule has 1 aromatic heterocycles. The zero-order valence-electron chi connectivity index (χ0n) is 7.45. The molecule has 0 aromatic carbocycles. The molecule has 0 saturated carbocycles. The summed E-state index contributed by atoms with van der Waals surface area (Å²) in [5.41, 5.74) is -0.114. The van der Waals surface area contributed by atoms with Gasteiger partial charge in [0.05, 0.1) is 19.2 Å². The van der Waals surface area contributed by atoms with Gasteiger partial charge in [-0.2, -0.15) is 5.26 Å². The largest absolute Gasteiger partial charge is 0.469 e. The Labute approximate surface area is 79.9 Å². The van der Waals surface area contributed by atoms with Crippen LogP contribution in [0, 0.1) is 17.1 Å². The number of rotatable bonds is 2. The third kappa shape index (κ3) is 2.04. The number of halogens is 1. The number of ether oxygens (including phenoxy) is 1. The van der Waals surface area contributed by atoms with Crippen molar-refractivity contribution in [2.45, 2.75) is 6.42 Å². The normalized spacial score (nSPS) is 9.21. The second kappa shape index (κ2) is 4.33. The molecule has 0 unspecified atom stereocenters. The Morgan fingerprint density at radius 1 is 1.79 bits per heavy atom. The molecule has 0 spiro atoms. The molecule has 0 aliphatic carbocycles. The lowest BCUT2D eigenvalue weighted by Crippen LogP contribution is -2.08. The van der Waals surface area contributed by atoms with Crippen LogP contribution in [-0.2, 0) is 16.0 Å². The number of carbonyl (C=O) groups excluding carboxylic acids is 1. The highest BCUT2D eigenvalue weighted by atomic mass is 19.1. The number of nitrogens with zero attached hydrogens (tertiary/aromatic N) is 2. The lowest BCUT2D eigenvalue weighted by molar-refractivity contribution is -0.139. The lowest BCUT2D eigenvalue weighted by Gasteiger charge is -2.01. The van der Waals surface area contributed by atoms with Crippen LogP contribution in [0.25, 0.3) is 0 Å². The van der Waals surface area contributed by atoms with Crippen molar-refractivity contribution in [1.82, 2.24) is 4.98 Å². The number of methoxy groups -OCH3 is 1. The van der Waals surface area contributed by atoms with Crippen molar-refractivity contribution in [1.29, 1.82) is 5.26 Å². The summed E-state index contributed by atoms with van der Waals surface area (Å²) >= 11 is 0. The first-order valence-corrected chi connectivity index (χ1v) is 3.79. The molecular weight excluding hydrogens is 187 g/mol. The van der Waals surface area contributed by atoms with Crippen LogP contribution in [0.2, 0.25) is 0 Å². The Balaban J connectivity index is 3.04. The molecule has 1 aromatic rings. The van der Waals surface area contributed by atoms with E-state index >= 15 is 0 Å². The highest BCUT2D eigenvalue weighted by Gasteiger charge is 2.12. The maximum Gasteiger partial charge on any atom is 0.311 e. The summed E-state index contributed by atoms with van der Waals surface area (Å²) in [5, 5.41) is 8.60. The molecule has 4 nitrogen and oxygen atoms in total. The quantitative estimate of drug-likeness (QED) is 0.653. The van der Waals surface area contributed by atoms with E-state index in [0.717, 1.165) is 6.07 Å². The van der Waals surface area contributed by atoms with Crippen molar-refractivity contribution >= 4 is 5.97 Å². The summed E-state index contributed by atoms with van der Waals surface area (Å²) in [6, 6.07) is 2.72. The predicted molar refractivity (Wildman–Crippen MR) is 44.6 cm³/mol. The predicted octanol–water partition coefficient (Wildman–Crippen LogP) is 0.808. The second-order valence-corrected chi connectivity index (χ2v) is 2.48. The molecule has 0 amide bonds. The van der Waals surface area contributed by atoms with Crippen molar-refractivity contribution in [3.05, 3.63) is 29.3 Å². The fraction of sp³-hybridized carbons (Fsp3) is 0.222. The first-order chi connectivity index (χ1) is 6.69. The molecule has 1 heterocycles. The summed E-state index contributed by atoms with van der Waals surface area (Å²) in [5.74, 6) is -1.24. The van der Waals surface area contributed by atoms with E-state index in [-0.39, 0.29) is 17.7 Å². The Morgan fingerprint density at radius 2 is 2.50 bits per heavy atom. The average molecular weight is 194 g/mol. The van der Waals surface area contributed by atoms with Gasteiger partial charge in [-0.05, 0) is 6.07 Å². The Hall–Kier alpha value is -1.96. The molecule has 0 bridgehead atoms. The fourth-order valence-electron chi connectivity index (χ4n) is 0.939. The van der Waals surface area contributed by atoms with Gasteiger partial charge in [0.2, 0.25) is 0 Å². The van der Waals surface area contributed by atoms with Crippen molar-refractivity contribution in [3.8, 4) is 6.07 Å². The van der Waals surface area contributed by atoms with Gasteiger partial charge in [0.1, 0.15) is 17.4 Å². The molecule has 5 heteroatoms. The SMILES string of the molecule is COC(=O)Cc1nccc(F)c1C#N. The van der Waals surface area contributed by atoms with Crippen LogP contribution in [0.4, 0.5) is 4.39 Å². The molecule has 0 aliphatic rings. The molecule has 1 rings (SSSR count). The van der Waals surface area contributed by atoms with Crippen LogP contribution in [0.1, 0.15) is 11.3 Å². The number of carbonyl (C=O) groups is 1. The Kier molecular flexibility index (Phi) is 3.13.